The standard InChI is InChI=1S/C15H20N4/c1-4-12(2)17-14-10-11-16-15(18-14)19(3)13-8-6-5-7-9-13/h5-12H,4H2,1-3H3,(H,16,17,18). The molecule has 1 aromatic carbocycles. The molecule has 1 heterocycles. The van der Waals surface area contributed by atoms with Gasteiger partial charge in [-0.15, -0.1) is 0 Å². The number of para-hydroxylation sites is 1. The summed E-state index contributed by atoms with van der Waals surface area (Å²) in [5.74, 6) is 1.56. The van der Waals surface area contributed by atoms with E-state index in [2.05, 4.69) is 29.1 Å². The molecule has 1 N–H and O–H groups in total. The van der Waals surface area contributed by atoms with Crippen LogP contribution in [0.1, 0.15) is 20.3 Å². The normalized spacial score (nSPS) is 11.9. The fourth-order valence-electron chi connectivity index (χ4n) is 1.71. The van der Waals surface area contributed by atoms with Crippen LogP contribution in [-0.4, -0.2) is 23.1 Å². The second-order valence-corrected chi connectivity index (χ2v) is 4.59. The molecule has 2 aromatic rings. The van der Waals surface area contributed by atoms with Crippen molar-refractivity contribution in [1.29, 1.82) is 0 Å². The highest BCUT2D eigenvalue weighted by atomic mass is 15.2. The van der Waals surface area contributed by atoms with Crippen molar-refractivity contribution in [3.63, 3.8) is 0 Å². The van der Waals surface area contributed by atoms with E-state index in [1.54, 1.807) is 6.20 Å². The maximum atomic E-state index is 4.54. The minimum Gasteiger partial charge on any atom is -0.367 e. The molecule has 0 spiro atoms. The Kier molecular flexibility index (Phi) is 4.34. The molecule has 1 unspecified atom stereocenters. The molecule has 0 aliphatic heterocycles. The van der Waals surface area contributed by atoms with Crippen molar-refractivity contribution < 1.29 is 0 Å². The van der Waals surface area contributed by atoms with E-state index in [-0.39, 0.29) is 0 Å². The van der Waals surface area contributed by atoms with Gasteiger partial charge in [0, 0.05) is 25.0 Å². The van der Waals surface area contributed by atoms with Crippen molar-refractivity contribution in [3.8, 4) is 0 Å². The van der Waals surface area contributed by atoms with E-state index in [0.717, 1.165) is 17.9 Å². The average molecular weight is 256 g/mol. The fourth-order valence-corrected chi connectivity index (χ4v) is 1.71. The maximum absolute atomic E-state index is 4.54. The molecular formula is C15H20N4. The molecule has 0 bridgehead atoms. The first-order valence-electron chi connectivity index (χ1n) is 6.59. The molecule has 1 aromatic heterocycles. The summed E-state index contributed by atoms with van der Waals surface area (Å²) in [6.07, 6.45) is 2.85. The lowest BCUT2D eigenvalue weighted by Crippen LogP contribution is -2.17. The van der Waals surface area contributed by atoms with E-state index < -0.39 is 0 Å². The molecule has 0 radical (unpaired) electrons. The monoisotopic (exact) mass is 256 g/mol. The van der Waals surface area contributed by atoms with Gasteiger partial charge in [-0.1, -0.05) is 25.1 Å². The molecule has 0 aliphatic rings. The number of hydrogen-bond acceptors (Lipinski definition) is 4. The van der Waals surface area contributed by atoms with Crippen molar-refractivity contribution in [3.05, 3.63) is 42.6 Å². The van der Waals surface area contributed by atoms with Gasteiger partial charge < -0.3 is 10.2 Å². The number of nitrogens with zero attached hydrogens (tertiary/aromatic N) is 3. The second kappa shape index (κ2) is 6.18. The minimum absolute atomic E-state index is 0.407. The molecule has 2 rings (SSSR count). The Morgan fingerprint density at radius 3 is 2.63 bits per heavy atom. The molecular weight excluding hydrogens is 236 g/mol. The Bertz CT molecular complexity index is 513. The van der Waals surface area contributed by atoms with Gasteiger partial charge in [0.2, 0.25) is 5.95 Å². The lowest BCUT2D eigenvalue weighted by molar-refractivity contribution is 0.758. The van der Waals surface area contributed by atoms with Gasteiger partial charge in [-0.3, -0.25) is 0 Å². The van der Waals surface area contributed by atoms with Gasteiger partial charge in [0.05, 0.1) is 0 Å². The van der Waals surface area contributed by atoms with E-state index in [0.29, 0.717) is 12.0 Å². The van der Waals surface area contributed by atoms with Crippen LogP contribution in [0.5, 0.6) is 0 Å². The molecule has 1 atom stereocenters. The van der Waals surface area contributed by atoms with Crippen molar-refractivity contribution in [2.45, 2.75) is 26.3 Å². The van der Waals surface area contributed by atoms with Crippen LogP contribution in [0.4, 0.5) is 17.5 Å². The van der Waals surface area contributed by atoms with Gasteiger partial charge in [-0.25, -0.2) is 4.98 Å². The van der Waals surface area contributed by atoms with E-state index in [1.165, 1.54) is 0 Å². The third-order valence-electron chi connectivity index (χ3n) is 3.09. The Labute approximate surface area is 114 Å². The smallest absolute Gasteiger partial charge is 0.231 e. The Hall–Kier alpha value is -2.10. The topological polar surface area (TPSA) is 41.1 Å². The SMILES string of the molecule is CCC(C)Nc1ccnc(N(C)c2ccccc2)n1. The van der Waals surface area contributed by atoms with Gasteiger partial charge in [0.15, 0.2) is 0 Å². The highest BCUT2D eigenvalue weighted by molar-refractivity contribution is 5.57. The number of aromatic nitrogens is 2. The van der Waals surface area contributed by atoms with Gasteiger partial charge in [0.1, 0.15) is 5.82 Å². The molecule has 100 valence electrons. The van der Waals surface area contributed by atoms with Crippen molar-refractivity contribution in [2.24, 2.45) is 0 Å². The van der Waals surface area contributed by atoms with Gasteiger partial charge in [-0.2, -0.15) is 4.98 Å². The van der Waals surface area contributed by atoms with Crippen LogP contribution in [0.3, 0.4) is 0 Å². The van der Waals surface area contributed by atoms with Crippen LogP contribution in [-0.2, 0) is 0 Å². The van der Waals surface area contributed by atoms with Crippen molar-refractivity contribution >= 4 is 17.5 Å². The summed E-state index contributed by atoms with van der Waals surface area (Å²) in [6, 6.07) is 12.4. The zero-order valence-electron chi connectivity index (χ0n) is 11.7. The Morgan fingerprint density at radius 2 is 1.95 bits per heavy atom. The zero-order valence-corrected chi connectivity index (χ0v) is 11.7. The van der Waals surface area contributed by atoms with Crippen LogP contribution in [0.25, 0.3) is 0 Å². The first kappa shape index (κ1) is 13.3. The van der Waals surface area contributed by atoms with Gasteiger partial charge in [-0.05, 0) is 31.5 Å². The third kappa shape index (κ3) is 3.44. The minimum atomic E-state index is 0.407. The van der Waals surface area contributed by atoms with Gasteiger partial charge >= 0.3 is 0 Å². The van der Waals surface area contributed by atoms with Crippen LogP contribution in [0, 0.1) is 0 Å². The van der Waals surface area contributed by atoms with E-state index in [9.17, 15) is 0 Å². The summed E-state index contributed by atoms with van der Waals surface area (Å²) in [7, 11) is 1.97. The number of rotatable bonds is 5. The van der Waals surface area contributed by atoms with Crippen LogP contribution >= 0.6 is 0 Å². The van der Waals surface area contributed by atoms with E-state index in [4.69, 9.17) is 0 Å². The van der Waals surface area contributed by atoms with Crippen molar-refractivity contribution in [2.75, 3.05) is 17.3 Å². The largest absolute Gasteiger partial charge is 0.367 e. The predicted molar refractivity (Wildman–Crippen MR) is 79.9 cm³/mol. The molecule has 4 heteroatoms. The van der Waals surface area contributed by atoms with E-state index in [1.807, 2.05) is 48.3 Å². The quantitative estimate of drug-likeness (QED) is 0.889. The summed E-state index contributed by atoms with van der Waals surface area (Å²) in [5, 5.41) is 3.36. The molecule has 19 heavy (non-hydrogen) atoms. The molecule has 0 aliphatic carbocycles. The number of benzene rings is 1. The van der Waals surface area contributed by atoms with Gasteiger partial charge in [0.25, 0.3) is 0 Å². The lowest BCUT2D eigenvalue weighted by atomic mass is 10.2. The maximum Gasteiger partial charge on any atom is 0.231 e. The number of nitrogens with one attached hydrogen (secondary N) is 1. The number of anilines is 3. The fraction of sp³-hybridized carbons (Fsp3) is 0.333. The highest BCUT2D eigenvalue weighted by Gasteiger charge is 2.08. The lowest BCUT2D eigenvalue weighted by Gasteiger charge is -2.18. The summed E-state index contributed by atoms with van der Waals surface area (Å²) >= 11 is 0. The highest BCUT2D eigenvalue weighted by Crippen LogP contribution is 2.20. The summed E-state index contributed by atoms with van der Waals surface area (Å²) in [5.41, 5.74) is 1.07. The van der Waals surface area contributed by atoms with Crippen molar-refractivity contribution in [1.82, 2.24) is 9.97 Å². The predicted octanol–water partition coefficient (Wildman–Crippen LogP) is 3.45. The second-order valence-electron chi connectivity index (χ2n) is 4.59. The first-order chi connectivity index (χ1) is 9.20. The summed E-state index contributed by atoms with van der Waals surface area (Å²) in [4.78, 5) is 10.8. The third-order valence-corrected chi connectivity index (χ3v) is 3.09. The van der Waals surface area contributed by atoms with Crippen LogP contribution < -0.4 is 10.2 Å². The Balaban J connectivity index is 2.19. The van der Waals surface area contributed by atoms with Crippen LogP contribution in [0.2, 0.25) is 0 Å². The molecule has 0 saturated carbocycles. The zero-order chi connectivity index (χ0) is 13.7. The molecule has 0 saturated heterocycles. The number of hydrogen-bond donors (Lipinski definition) is 1. The molecule has 0 fully saturated rings. The van der Waals surface area contributed by atoms with Crippen LogP contribution in [0.15, 0.2) is 42.6 Å². The average Bonchev–Trinajstić information content (AvgIpc) is 2.47. The summed E-state index contributed by atoms with van der Waals surface area (Å²) in [6.45, 7) is 4.29. The Morgan fingerprint density at radius 1 is 1.21 bits per heavy atom. The summed E-state index contributed by atoms with van der Waals surface area (Å²) < 4.78 is 0. The molecule has 0 amide bonds. The molecule has 4 nitrogen and oxygen atoms in total. The van der Waals surface area contributed by atoms with E-state index >= 15 is 0 Å². The first-order valence-corrected chi connectivity index (χ1v) is 6.59.